The van der Waals surface area contributed by atoms with E-state index in [4.69, 9.17) is 4.98 Å². The molecular weight excluding hydrogens is 578 g/mol. The first-order valence-electron chi connectivity index (χ1n) is 13.4. The number of para-hydroxylation sites is 1. The molecule has 0 atom stereocenters. The summed E-state index contributed by atoms with van der Waals surface area (Å²) in [6.45, 7) is 2.56. The molecule has 3 heterocycles. The first-order chi connectivity index (χ1) is 19.9. The fraction of sp³-hybridized carbons (Fsp3) is 0.226. The Balaban J connectivity index is 1.21. The summed E-state index contributed by atoms with van der Waals surface area (Å²) >= 11 is 3.20. The molecule has 0 saturated heterocycles. The van der Waals surface area contributed by atoms with Gasteiger partial charge in [-0.25, -0.2) is 17.8 Å². The Bertz CT molecular complexity index is 1770. The number of hydrogen-bond acceptors (Lipinski definition) is 7. The lowest BCUT2D eigenvalue weighted by Gasteiger charge is -2.27. The van der Waals surface area contributed by atoms with Crippen molar-refractivity contribution in [1.82, 2.24) is 9.88 Å². The fourth-order valence-corrected chi connectivity index (χ4v) is 8.83. The topological polar surface area (TPSA) is 79.4 Å². The van der Waals surface area contributed by atoms with Crippen molar-refractivity contribution in [3.63, 3.8) is 0 Å². The molecule has 1 aliphatic rings. The summed E-state index contributed by atoms with van der Waals surface area (Å²) in [5, 5.41) is 4.74. The Morgan fingerprint density at radius 2 is 1.73 bits per heavy atom. The van der Waals surface area contributed by atoms with Gasteiger partial charge in [0.2, 0.25) is 5.91 Å². The summed E-state index contributed by atoms with van der Waals surface area (Å²) in [5.41, 5.74) is 4.41. The van der Waals surface area contributed by atoms with E-state index in [2.05, 4.69) is 40.5 Å². The number of carbonyl (C=O) groups is 1. The maximum atomic E-state index is 13.2. The number of anilines is 1. The average molecular weight is 606 g/mol. The highest BCUT2D eigenvalue weighted by Gasteiger charge is 2.28. The van der Waals surface area contributed by atoms with Crippen LogP contribution in [0.15, 0.2) is 83.8 Å². The van der Waals surface area contributed by atoms with E-state index in [1.54, 1.807) is 22.7 Å². The predicted octanol–water partition coefficient (Wildman–Crippen LogP) is 6.91. The van der Waals surface area contributed by atoms with E-state index in [-0.39, 0.29) is 29.4 Å². The van der Waals surface area contributed by atoms with Gasteiger partial charge < -0.3 is 5.32 Å². The first kappa shape index (κ1) is 27.7. The summed E-state index contributed by atoms with van der Waals surface area (Å²) in [7, 11) is -3.60. The van der Waals surface area contributed by atoms with Gasteiger partial charge in [-0.1, -0.05) is 42.5 Å². The molecule has 0 radical (unpaired) electrons. The number of rotatable bonds is 9. The lowest BCUT2D eigenvalue weighted by molar-refractivity contribution is -0.116. The van der Waals surface area contributed by atoms with Gasteiger partial charge in [-0.2, -0.15) is 0 Å². The molecule has 41 heavy (non-hydrogen) atoms. The van der Waals surface area contributed by atoms with Crippen molar-refractivity contribution >= 4 is 53.6 Å². The molecule has 0 spiro atoms. The Hall–Kier alpha value is -3.44. The maximum absolute atomic E-state index is 13.2. The SMILES string of the molecule is O=C(CCCS(=O)(=O)c1ccc(F)cc1)Nc1sc2c(c1-c1nc3ccccc3s1)CCN(Cc1ccccc1)C2. The molecule has 1 N–H and O–H groups in total. The summed E-state index contributed by atoms with van der Waals surface area (Å²) in [4.78, 5) is 21.7. The standard InChI is InChI=1S/C31H28FN3O3S3/c32-22-12-14-23(15-13-22)41(37,38)18-6-11-28(36)34-31-29(30-33-25-9-4-5-10-26(25)39-30)24-16-17-35(20-27(24)40-31)19-21-7-2-1-3-8-21/h1-5,7-10,12-15H,6,11,16-20H2,(H,34,36). The molecular formula is C31H28FN3O3S3. The predicted molar refractivity (Wildman–Crippen MR) is 164 cm³/mol. The monoisotopic (exact) mass is 605 g/mol. The van der Waals surface area contributed by atoms with E-state index in [1.165, 1.54) is 28.1 Å². The Labute approximate surface area is 246 Å². The van der Waals surface area contributed by atoms with Crippen molar-refractivity contribution in [1.29, 1.82) is 0 Å². The molecule has 1 amide bonds. The zero-order valence-electron chi connectivity index (χ0n) is 22.2. The van der Waals surface area contributed by atoms with Crippen LogP contribution in [0.3, 0.4) is 0 Å². The normalized spacial score (nSPS) is 13.8. The zero-order valence-corrected chi connectivity index (χ0v) is 24.6. The number of nitrogens with one attached hydrogen (secondary N) is 1. The summed E-state index contributed by atoms with van der Waals surface area (Å²) in [6, 6.07) is 23.2. The molecule has 2 aromatic heterocycles. The van der Waals surface area contributed by atoms with E-state index in [0.717, 1.165) is 64.0 Å². The summed E-state index contributed by atoms with van der Waals surface area (Å²) in [6.07, 6.45) is 1.08. The molecule has 0 fully saturated rings. The van der Waals surface area contributed by atoms with Gasteiger partial charge in [0.15, 0.2) is 9.84 Å². The summed E-state index contributed by atoms with van der Waals surface area (Å²) in [5.74, 6) is -0.915. The van der Waals surface area contributed by atoms with Crippen molar-refractivity contribution in [3.05, 3.63) is 101 Å². The van der Waals surface area contributed by atoms with Gasteiger partial charge in [-0.05, 0) is 60.4 Å². The number of hydrogen-bond donors (Lipinski definition) is 1. The van der Waals surface area contributed by atoms with Crippen LogP contribution in [-0.4, -0.2) is 36.5 Å². The van der Waals surface area contributed by atoms with Gasteiger partial charge in [0.25, 0.3) is 0 Å². The van der Waals surface area contributed by atoms with Crippen LogP contribution in [-0.2, 0) is 34.1 Å². The van der Waals surface area contributed by atoms with Crippen molar-refractivity contribution in [2.45, 2.75) is 37.2 Å². The van der Waals surface area contributed by atoms with Crippen molar-refractivity contribution in [2.24, 2.45) is 0 Å². The van der Waals surface area contributed by atoms with Crippen LogP contribution in [0.2, 0.25) is 0 Å². The second-order valence-corrected chi connectivity index (χ2v) is 14.3. The molecule has 0 aliphatic carbocycles. The zero-order chi connectivity index (χ0) is 28.4. The van der Waals surface area contributed by atoms with E-state index in [9.17, 15) is 17.6 Å². The average Bonchev–Trinajstić information content (AvgIpc) is 3.54. The molecule has 1 aliphatic heterocycles. The van der Waals surface area contributed by atoms with Crippen molar-refractivity contribution in [2.75, 3.05) is 17.6 Å². The van der Waals surface area contributed by atoms with Crippen molar-refractivity contribution in [3.8, 4) is 10.6 Å². The second-order valence-electron chi connectivity index (χ2n) is 10.1. The minimum atomic E-state index is -3.60. The molecule has 6 nitrogen and oxygen atoms in total. The number of nitrogens with zero attached hydrogens (tertiary/aromatic N) is 2. The third-order valence-electron chi connectivity index (χ3n) is 7.14. The highest BCUT2D eigenvalue weighted by atomic mass is 32.2. The van der Waals surface area contributed by atoms with Crippen LogP contribution in [0.1, 0.15) is 28.8 Å². The minimum Gasteiger partial charge on any atom is -0.317 e. The lowest BCUT2D eigenvalue weighted by atomic mass is 10.0. The number of halogens is 1. The van der Waals surface area contributed by atoms with Crippen LogP contribution < -0.4 is 5.32 Å². The number of carbonyl (C=O) groups excluding carboxylic acids is 1. The maximum Gasteiger partial charge on any atom is 0.225 e. The number of amides is 1. The fourth-order valence-electron chi connectivity index (χ4n) is 5.10. The first-order valence-corrected chi connectivity index (χ1v) is 16.7. The Morgan fingerprint density at radius 3 is 2.51 bits per heavy atom. The highest BCUT2D eigenvalue weighted by molar-refractivity contribution is 7.91. The molecule has 0 saturated carbocycles. The molecule has 6 rings (SSSR count). The molecule has 10 heteroatoms. The smallest absolute Gasteiger partial charge is 0.225 e. The van der Waals surface area contributed by atoms with Gasteiger partial charge in [-0.3, -0.25) is 9.69 Å². The largest absolute Gasteiger partial charge is 0.317 e. The van der Waals surface area contributed by atoms with Gasteiger partial charge >= 0.3 is 0 Å². The van der Waals surface area contributed by atoms with Crippen LogP contribution in [0, 0.1) is 5.82 Å². The number of sulfone groups is 1. The third kappa shape index (κ3) is 6.25. The third-order valence-corrected chi connectivity index (χ3v) is 11.1. The molecule has 0 unspecified atom stereocenters. The molecule has 0 bridgehead atoms. The summed E-state index contributed by atoms with van der Waals surface area (Å²) < 4.78 is 39.6. The van der Waals surface area contributed by atoms with Gasteiger partial charge in [0.05, 0.1) is 20.9 Å². The molecule has 210 valence electrons. The van der Waals surface area contributed by atoms with Crippen LogP contribution >= 0.6 is 22.7 Å². The Morgan fingerprint density at radius 1 is 0.976 bits per heavy atom. The van der Waals surface area contributed by atoms with Gasteiger partial charge in [-0.15, -0.1) is 22.7 Å². The lowest BCUT2D eigenvalue weighted by Crippen LogP contribution is -2.29. The number of thiophene rings is 1. The Kier molecular flexibility index (Phi) is 7.99. The quantitative estimate of drug-likeness (QED) is 0.185. The minimum absolute atomic E-state index is 0.0579. The number of thiazole rings is 1. The van der Waals surface area contributed by atoms with E-state index in [0.29, 0.717) is 0 Å². The number of benzene rings is 3. The van der Waals surface area contributed by atoms with Gasteiger partial charge in [0.1, 0.15) is 15.8 Å². The van der Waals surface area contributed by atoms with Crippen LogP contribution in [0.25, 0.3) is 20.8 Å². The van der Waals surface area contributed by atoms with E-state index < -0.39 is 15.7 Å². The highest BCUT2D eigenvalue weighted by Crippen LogP contribution is 2.46. The van der Waals surface area contributed by atoms with E-state index in [1.807, 2.05) is 24.3 Å². The number of aromatic nitrogens is 1. The number of fused-ring (bicyclic) bond motifs is 2. The second kappa shape index (κ2) is 11.8. The molecule has 3 aromatic carbocycles. The van der Waals surface area contributed by atoms with Crippen LogP contribution in [0.4, 0.5) is 9.39 Å². The van der Waals surface area contributed by atoms with Crippen molar-refractivity contribution < 1.29 is 17.6 Å². The van der Waals surface area contributed by atoms with Gasteiger partial charge in [0, 0.05) is 36.5 Å². The molecule has 5 aromatic rings. The van der Waals surface area contributed by atoms with Crippen LogP contribution in [0.5, 0.6) is 0 Å². The van der Waals surface area contributed by atoms with E-state index >= 15 is 0 Å².